The number of carboxylic acid groups (broad SMARTS) is 2. The third kappa shape index (κ3) is 30.8. The molecule has 3 amide bonds. The summed E-state index contributed by atoms with van der Waals surface area (Å²) in [7, 11) is 0. The number of unbranched alkanes of at least 4 members (excludes halogenated alkanes) is 22. The average Bonchev–Trinajstić information content (AvgIpc) is 0.751. The molecule has 5 aliphatic heterocycles. The van der Waals surface area contributed by atoms with Gasteiger partial charge in [0.05, 0.1) is 82.2 Å². The van der Waals surface area contributed by atoms with Gasteiger partial charge in [0.2, 0.25) is 17.7 Å². The van der Waals surface area contributed by atoms with Crippen molar-refractivity contribution in [3.05, 3.63) is 24.3 Å². The number of aliphatic hydroxyl groups is 16. The molecule has 5 saturated heterocycles. The van der Waals surface area contributed by atoms with Crippen molar-refractivity contribution in [1.29, 1.82) is 0 Å². The molecule has 0 spiro atoms. The first kappa shape index (κ1) is 102. The molecular weight excluding hydrogens is 1530 g/mol. The second-order valence-electron chi connectivity index (χ2n) is 31.4. The maximum absolute atomic E-state index is 14.2. The van der Waals surface area contributed by atoms with Crippen LogP contribution in [0.4, 0.5) is 0 Å². The molecule has 116 heavy (non-hydrogen) atoms. The monoisotopic (exact) mass is 1670 g/mol. The Morgan fingerprint density at radius 3 is 1.45 bits per heavy atom. The van der Waals surface area contributed by atoms with Crippen LogP contribution in [0.25, 0.3) is 0 Å². The molecule has 0 aromatic rings. The van der Waals surface area contributed by atoms with Crippen LogP contribution in [0.15, 0.2) is 24.3 Å². The number of ether oxygens (including phenoxy) is 10. The molecule has 2 unspecified atom stereocenters. The van der Waals surface area contributed by atoms with Crippen molar-refractivity contribution in [1.82, 2.24) is 16.0 Å². The summed E-state index contributed by atoms with van der Waals surface area (Å²) in [4.78, 5) is 79.2. The second kappa shape index (κ2) is 52.7. The van der Waals surface area contributed by atoms with Gasteiger partial charge < -0.3 is 160 Å². The molecule has 5 rings (SSSR count). The van der Waals surface area contributed by atoms with Gasteiger partial charge in [0.15, 0.2) is 18.9 Å². The average molecular weight is 1670 g/mol. The van der Waals surface area contributed by atoms with Gasteiger partial charge in [-0.15, -0.1) is 0 Å². The van der Waals surface area contributed by atoms with Crippen LogP contribution in [0.3, 0.4) is 0 Å². The zero-order valence-electron chi connectivity index (χ0n) is 67.7. The number of nitrogens with one attached hydrogen (secondary N) is 3. The molecule has 21 N–H and O–H groups in total. The minimum atomic E-state index is -3.58. The standard InChI is InChI=1S/C79H137N3O34/c1-6-8-10-12-14-16-18-20-21-23-25-27-29-31-33-35-58(95)82-49(50(91)34-32-30-28-26-24-22-19-17-15-13-11-9-7-2)44-107-74-66(101)65(100)68(56(42-86)109-74)111-75-67(102)72(69(57(43-87)110-75)112-73-48(36-45(3)88)61(96)63(98)54(40-84)108-73)116-79(77(105)106)38-52(93)60(81-47(5)90)71(115-79)64(99)55(41-85)113-78(76(103)104)37-51(92)59(80-46(4)89)70(114-78)62(97)53(94)39-83/h16,18,32,34,48-57,59-75,83-87,91-94,96-102H,6-15,17,19-31,33,35-44H2,1-5H3,(H,80,89)(H,81,90)(H,82,95)(H,103,104)(H,105,106)/t48-,49+,50-,51+,52+,53-,54-,55-,56-,57-,59-,60-,61-,62-,63+,64-,65-,66-,67-,68-,69+,70?,71?,72-,73+,74-,75+,78-,79+/m1/s1. The molecule has 29 atom stereocenters. The Morgan fingerprint density at radius 1 is 0.491 bits per heavy atom. The van der Waals surface area contributed by atoms with Crippen molar-refractivity contribution in [3.8, 4) is 0 Å². The van der Waals surface area contributed by atoms with Crippen LogP contribution in [0.5, 0.6) is 0 Å². The lowest BCUT2D eigenvalue weighted by atomic mass is 9.86. The number of rotatable bonds is 56. The van der Waals surface area contributed by atoms with Gasteiger partial charge in [-0.25, -0.2) is 9.59 Å². The van der Waals surface area contributed by atoms with E-state index in [9.17, 15) is 121 Å². The van der Waals surface area contributed by atoms with E-state index in [4.69, 9.17) is 47.4 Å². The maximum atomic E-state index is 14.2. The first-order valence-corrected chi connectivity index (χ1v) is 41.6. The fourth-order valence-electron chi connectivity index (χ4n) is 15.4. The molecule has 0 aliphatic carbocycles. The van der Waals surface area contributed by atoms with Crippen LogP contribution in [-0.4, -0.2) is 338 Å². The van der Waals surface area contributed by atoms with Gasteiger partial charge in [-0.3, -0.25) is 14.4 Å². The number of aliphatic carboxylic acids is 2. The summed E-state index contributed by atoms with van der Waals surface area (Å²) in [6.45, 7) is 0.672. The summed E-state index contributed by atoms with van der Waals surface area (Å²) in [6, 6.07) is -4.96. The van der Waals surface area contributed by atoms with E-state index in [-0.39, 0.29) is 6.42 Å². The summed E-state index contributed by atoms with van der Waals surface area (Å²) in [5, 5.41) is 211. The molecule has 37 nitrogen and oxygen atoms in total. The Morgan fingerprint density at radius 2 is 0.948 bits per heavy atom. The number of allylic oxidation sites excluding steroid dienone is 3. The Balaban J connectivity index is 1.45. The van der Waals surface area contributed by atoms with Gasteiger partial charge in [-0.2, -0.15) is 0 Å². The number of carbonyl (C=O) groups excluding carboxylic acids is 4. The summed E-state index contributed by atoms with van der Waals surface area (Å²) in [5.41, 5.74) is 0. The SMILES string of the molecule is CCCCCCC=CCCCCCCCCCC(=O)N[C@@H](CO[C@@H]1O[C@H](CO)[C@@H](O[C@@H]2O[C@H](CO)[C@H](O[C@@H]3O[C@H](CO)[C@H](O)[C@H](O)[C@H]3CC(C)=O)[C@H](O[C@]3(C(=O)O)C[C@H](O)[C@@H](NC(C)=O)C([C@H](O)[C@@H](CO)O[C@]4(C(=O)O)C[C@H](O)[C@@H](NC(C)=O)C([C@H](O)[C@H](O)CO)O4)O3)[C@H]2O)[C@H](O)[C@H]1O)[C@H](O)C=CCCCCCCCCCCCCC. The van der Waals surface area contributed by atoms with Crippen molar-refractivity contribution in [2.24, 2.45) is 5.92 Å². The lowest BCUT2D eigenvalue weighted by Crippen LogP contribution is -2.72. The Kier molecular flexibility index (Phi) is 46.4. The number of ketones is 1. The van der Waals surface area contributed by atoms with E-state index in [0.29, 0.717) is 12.8 Å². The lowest BCUT2D eigenvalue weighted by molar-refractivity contribution is -0.404. The van der Waals surface area contributed by atoms with Crippen molar-refractivity contribution in [3.63, 3.8) is 0 Å². The zero-order chi connectivity index (χ0) is 85.8. The normalized spacial score (nSPS) is 33.4. The van der Waals surface area contributed by atoms with Gasteiger partial charge in [0, 0.05) is 45.4 Å². The van der Waals surface area contributed by atoms with Crippen molar-refractivity contribution in [2.75, 3.05) is 39.6 Å². The Bertz CT molecular complexity index is 2910. The lowest BCUT2D eigenvalue weighted by Gasteiger charge is -2.52. The van der Waals surface area contributed by atoms with Crippen LogP contribution in [0, 0.1) is 5.92 Å². The van der Waals surface area contributed by atoms with E-state index in [1.165, 1.54) is 70.3 Å². The first-order valence-electron chi connectivity index (χ1n) is 41.6. The number of hydrogen-bond acceptors (Lipinski definition) is 32. The number of hydrogen-bond donors (Lipinski definition) is 21. The number of Topliss-reactive ketones (excluding diaryl/α,β-unsaturated/α-hetero) is 1. The third-order valence-electron chi connectivity index (χ3n) is 21.9. The van der Waals surface area contributed by atoms with Crippen LogP contribution < -0.4 is 16.0 Å². The fourth-order valence-corrected chi connectivity index (χ4v) is 15.4. The van der Waals surface area contributed by atoms with E-state index < -0.39 is 271 Å². The van der Waals surface area contributed by atoms with Gasteiger partial charge >= 0.3 is 11.9 Å². The highest BCUT2D eigenvalue weighted by Crippen LogP contribution is 2.43. The molecule has 0 saturated carbocycles. The quantitative estimate of drug-likeness (QED) is 0.0261. The molecule has 37 heteroatoms. The van der Waals surface area contributed by atoms with Gasteiger partial charge in [0.25, 0.3) is 11.6 Å². The topological polar surface area (TPSA) is 595 Å². The van der Waals surface area contributed by atoms with Crippen LogP contribution in [0.2, 0.25) is 0 Å². The summed E-state index contributed by atoms with van der Waals surface area (Å²) >= 11 is 0. The highest BCUT2D eigenvalue weighted by Gasteiger charge is 2.64. The molecule has 0 bridgehead atoms. The van der Waals surface area contributed by atoms with E-state index in [0.717, 1.165) is 104 Å². The molecule has 0 aromatic carbocycles. The first-order chi connectivity index (χ1) is 55.3. The molecule has 5 heterocycles. The third-order valence-corrected chi connectivity index (χ3v) is 21.9. The van der Waals surface area contributed by atoms with E-state index in [1.807, 2.05) is 0 Å². The largest absolute Gasteiger partial charge is 0.477 e. The number of aliphatic hydroxyl groups excluding tert-OH is 16. The number of carbonyl (C=O) groups is 6. The second-order valence-corrected chi connectivity index (χ2v) is 31.4. The molecule has 5 fully saturated rings. The molecule has 672 valence electrons. The van der Waals surface area contributed by atoms with Crippen LogP contribution in [-0.2, 0) is 76.1 Å². The number of carboxylic acids is 2. The highest BCUT2D eigenvalue weighted by molar-refractivity contribution is 5.78. The van der Waals surface area contributed by atoms with Gasteiger partial charge in [-0.05, 0) is 51.9 Å². The van der Waals surface area contributed by atoms with E-state index in [2.05, 4.69) is 41.9 Å². The van der Waals surface area contributed by atoms with Crippen LogP contribution in [0.1, 0.15) is 221 Å². The molecule has 0 radical (unpaired) electrons. The summed E-state index contributed by atoms with van der Waals surface area (Å²) < 4.78 is 60.1. The highest BCUT2D eigenvalue weighted by atomic mass is 16.8. The minimum Gasteiger partial charge on any atom is -0.477 e. The zero-order valence-corrected chi connectivity index (χ0v) is 67.7. The van der Waals surface area contributed by atoms with Gasteiger partial charge in [0.1, 0.15) is 103 Å². The number of amides is 3. The molecule has 5 aliphatic rings. The van der Waals surface area contributed by atoms with Crippen molar-refractivity contribution in [2.45, 2.75) is 391 Å². The fraction of sp³-hybridized carbons (Fsp3) is 0.873. The molecular formula is C79H137N3O34. The predicted molar refractivity (Wildman–Crippen MR) is 408 cm³/mol. The molecule has 0 aromatic heterocycles. The van der Waals surface area contributed by atoms with E-state index >= 15 is 0 Å². The minimum absolute atomic E-state index is 0.106. The van der Waals surface area contributed by atoms with Crippen molar-refractivity contribution < 1.29 is 168 Å². The van der Waals surface area contributed by atoms with Gasteiger partial charge in [-0.1, -0.05) is 154 Å². The predicted octanol–water partition coefficient (Wildman–Crippen LogP) is -0.826. The summed E-state index contributed by atoms with van der Waals surface area (Å²) in [6.07, 6.45) is -18.3. The van der Waals surface area contributed by atoms with E-state index in [1.54, 1.807) is 6.08 Å². The Labute approximate surface area is 678 Å². The van der Waals surface area contributed by atoms with Crippen molar-refractivity contribution >= 4 is 35.4 Å². The maximum Gasteiger partial charge on any atom is 0.364 e. The summed E-state index contributed by atoms with van der Waals surface area (Å²) in [5.74, 6) is -15.9. The smallest absolute Gasteiger partial charge is 0.364 e. The van der Waals surface area contributed by atoms with Crippen LogP contribution >= 0.6 is 0 Å². The Hall–Kier alpha value is -4.54.